The van der Waals surface area contributed by atoms with E-state index in [4.69, 9.17) is 5.73 Å². The van der Waals surface area contributed by atoms with Crippen LogP contribution in [0.3, 0.4) is 0 Å². The molecule has 1 aromatic carbocycles. The molecule has 0 saturated carbocycles. The fourth-order valence-corrected chi connectivity index (χ4v) is 3.81. The Morgan fingerprint density at radius 1 is 0.857 bits per heavy atom. The van der Waals surface area contributed by atoms with Crippen LogP contribution < -0.4 is 10.6 Å². The number of piperidine rings is 1. The zero-order chi connectivity index (χ0) is 20.1. The van der Waals surface area contributed by atoms with Crippen LogP contribution in [0.1, 0.15) is 25.7 Å². The molecule has 2 aliphatic heterocycles. The van der Waals surface area contributed by atoms with Gasteiger partial charge in [0.15, 0.2) is 0 Å². The summed E-state index contributed by atoms with van der Waals surface area (Å²) in [5.74, 6) is -0.772. The van der Waals surface area contributed by atoms with Crippen molar-refractivity contribution in [3.8, 4) is 0 Å². The van der Waals surface area contributed by atoms with Crippen molar-refractivity contribution < 1.29 is 18.8 Å². The van der Waals surface area contributed by atoms with E-state index in [9.17, 15) is 18.8 Å². The molecule has 7 nitrogen and oxygen atoms in total. The second kappa shape index (κ2) is 9.03. The van der Waals surface area contributed by atoms with Crippen molar-refractivity contribution in [3.05, 3.63) is 30.1 Å². The Morgan fingerprint density at radius 3 is 1.86 bits per heavy atom. The molecule has 3 rings (SSSR count). The first kappa shape index (κ1) is 20.1. The minimum Gasteiger partial charge on any atom is -0.369 e. The zero-order valence-electron chi connectivity index (χ0n) is 16.0. The maximum absolute atomic E-state index is 13.0. The van der Waals surface area contributed by atoms with Crippen LogP contribution in [0.2, 0.25) is 0 Å². The van der Waals surface area contributed by atoms with Crippen LogP contribution in [-0.4, -0.2) is 66.8 Å². The third kappa shape index (κ3) is 4.99. The molecule has 0 spiro atoms. The Bertz CT molecular complexity index is 709. The largest absolute Gasteiger partial charge is 0.369 e. The summed E-state index contributed by atoms with van der Waals surface area (Å²) in [5, 5.41) is 0. The first-order valence-corrected chi connectivity index (χ1v) is 9.79. The summed E-state index contributed by atoms with van der Waals surface area (Å²) >= 11 is 0. The van der Waals surface area contributed by atoms with E-state index in [0.717, 1.165) is 5.69 Å². The molecule has 0 radical (unpaired) electrons. The molecule has 8 heteroatoms. The van der Waals surface area contributed by atoms with E-state index in [1.165, 1.54) is 12.1 Å². The third-order valence-electron chi connectivity index (χ3n) is 5.63. The van der Waals surface area contributed by atoms with Crippen molar-refractivity contribution in [2.24, 2.45) is 11.7 Å². The summed E-state index contributed by atoms with van der Waals surface area (Å²) in [5.41, 5.74) is 6.26. The van der Waals surface area contributed by atoms with Gasteiger partial charge in [0.2, 0.25) is 17.7 Å². The number of carbonyl (C=O) groups is 3. The van der Waals surface area contributed by atoms with Crippen molar-refractivity contribution in [3.63, 3.8) is 0 Å². The molecule has 1 aromatic rings. The molecule has 0 aromatic heterocycles. The first-order chi connectivity index (χ1) is 13.4. The average molecular weight is 390 g/mol. The van der Waals surface area contributed by atoms with Gasteiger partial charge in [0, 0.05) is 63.7 Å². The molecule has 2 N–H and O–H groups in total. The molecule has 2 aliphatic rings. The highest BCUT2D eigenvalue weighted by Gasteiger charge is 2.27. The molecule has 0 aliphatic carbocycles. The summed E-state index contributed by atoms with van der Waals surface area (Å²) in [6.45, 7) is 3.61. The van der Waals surface area contributed by atoms with Gasteiger partial charge in [-0.3, -0.25) is 14.4 Å². The molecular weight excluding hydrogens is 363 g/mol. The van der Waals surface area contributed by atoms with Crippen molar-refractivity contribution >= 4 is 23.4 Å². The molecular formula is C20H27FN4O3. The van der Waals surface area contributed by atoms with E-state index in [1.807, 2.05) is 0 Å². The number of likely N-dealkylation sites (tertiary alicyclic amines) is 1. The molecule has 2 heterocycles. The van der Waals surface area contributed by atoms with Crippen LogP contribution in [0, 0.1) is 11.7 Å². The number of nitrogens with zero attached hydrogens (tertiary/aromatic N) is 3. The third-order valence-corrected chi connectivity index (χ3v) is 5.63. The van der Waals surface area contributed by atoms with E-state index in [1.54, 1.807) is 21.9 Å². The highest BCUT2D eigenvalue weighted by atomic mass is 19.1. The monoisotopic (exact) mass is 390 g/mol. The van der Waals surface area contributed by atoms with E-state index in [2.05, 4.69) is 4.90 Å². The average Bonchev–Trinajstić information content (AvgIpc) is 2.72. The molecule has 0 atom stereocenters. The topological polar surface area (TPSA) is 86.9 Å². The number of carbonyl (C=O) groups excluding carboxylic acids is 3. The zero-order valence-corrected chi connectivity index (χ0v) is 16.0. The van der Waals surface area contributed by atoms with Crippen molar-refractivity contribution in [2.45, 2.75) is 25.7 Å². The summed E-state index contributed by atoms with van der Waals surface area (Å²) < 4.78 is 13.0. The summed E-state index contributed by atoms with van der Waals surface area (Å²) in [4.78, 5) is 41.6. The van der Waals surface area contributed by atoms with Gasteiger partial charge < -0.3 is 20.4 Å². The van der Waals surface area contributed by atoms with Gasteiger partial charge in [-0.05, 0) is 37.1 Å². The molecule has 152 valence electrons. The number of rotatable bonds is 5. The summed E-state index contributed by atoms with van der Waals surface area (Å²) in [7, 11) is 0. The van der Waals surface area contributed by atoms with Crippen LogP contribution in [0.15, 0.2) is 24.3 Å². The Kier molecular flexibility index (Phi) is 6.49. The lowest BCUT2D eigenvalue weighted by molar-refractivity contribution is -0.138. The molecule has 28 heavy (non-hydrogen) atoms. The number of hydrogen-bond acceptors (Lipinski definition) is 4. The molecule has 3 amide bonds. The van der Waals surface area contributed by atoms with Crippen molar-refractivity contribution in [1.82, 2.24) is 9.80 Å². The van der Waals surface area contributed by atoms with Crippen molar-refractivity contribution in [1.29, 1.82) is 0 Å². The lowest BCUT2D eigenvalue weighted by atomic mass is 9.96. The fraction of sp³-hybridized carbons (Fsp3) is 0.550. The normalized spacial score (nSPS) is 18.2. The molecule has 2 fully saturated rings. The van der Waals surface area contributed by atoms with E-state index in [0.29, 0.717) is 52.1 Å². The van der Waals surface area contributed by atoms with Gasteiger partial charge in [-0.25, -0.2) is 4.39 Å². The van der Waals surface area contributed by atoms with Gasteiger partial charge in [-0.2, -0.15) is 0 Å². The summed E-state index contributed by atoms with van der Waals surface area (Å²) in [6.07, 6.45) is 1.59. The highest BCUT2D eigenvalue weighted by Crippen LogP contribution is 2.19. The van der Waals surface area contributed by atoms with Crippen LogP contribution in [0.25, 0.3) is 0 Å². The number of nitrogens with two attached hydrogens (primary N) is 1. The van der Waals surface area contributed by atoms with Gasteiger partial charge in [0.05, 0.1) is 0 Å². The van der Waals surface area contributed by atoms with Crippen LogP contribution in [0.5, 0.6) is 0 Å². The molecule has 0 unspecified atom stereocenters. The molecule has 0 bridgehead atoms. The minimum atomic E-state index is -0.304. The second-order valence-corrected chi connectivity index (χ2v) is 7.40. The Balaban J connectivity index is 1.39. The number of primary amides is 1. The Labute approximate surface area is 164 Å². The number of benzene rings is 1. The minimum absolute atomic E-state index is 0.0147. The number of amides is 3. The van der Waals surface area contributed by atoms with Gasteiger partial charge >= 0.3 is 0 Å². The van der Waals surface area contributed by atoms with Gasteiger partial charge in [0.25, 0.3) is 0 Å². The maximum Gasteiger partial charge on any atom is 0.223 e. The van der Waals surface area contributed by atoms with Crippen LogP contribution in [0.4, 0.5) is 10.1 Å². The second-order valence-electron chi connectivity index (χ2n) is 7.40. The number of halogens is 1. The summed E-state index contributed by atoms with van der Waals surface area (Å²) in [6, 6.07) is 6.36. The predicted molar refractivity (Wildman–Crippen MR) is 103 cm³/mol. The number of piperazine rings is 1. The number of anilines is 1. The quantitative estimate of drug-likeness (QED) is 0.812. The van der Waals surface area contributed by atoms with E-state index >= 15 is 0 Å². The lowest BCUT2D eigenvalue weighted by Crippen LogP contribution is -2.49. The standard InChI is InChI=1S/C20H27FN4O3/c21-16-1-3-17(4-2-16)23-11-13-25(14-12-23)19(27)6-5-18(26)24-9-7-15(8-10-24)20(22)28/h1-4,15H,5-14H2,(H2,22,28). The van der Waals surface area contributed by atoms with E-state index in [-0.39, 0.29) is 42.3 Å². The fourth-order valence-electron chi connectivity index (χ4n) is 3.81. The lowest BCUT2D eigenvalue weighted by Gasteiger charge is -2.36. The highest BCUT2D eigenvalue weighted by molar-refractivity contribution is 5.84. The predicted octanol–water partition coefficient (Wildman–Crippen LogP) is 0.978. The van der Waals surface area contributed by atoms with Crippen molar-refractivity contribution in [2.75, 3.05) is 44.2 Å². The van der Waals surface area contributed by atoms with Gasteiger partial charge in [0.1, 0.15) is 5.82 Å². The van der Waals surface area contributed by atoms with Gasteiger partial charge in [-0.1, -0.05) is 0 Å². The van der Waals surface area contributed by atoms with Gasteiger partial charge in [-0.15, -0.1) is 0 Å². The SMILES string of the molecule is NC(=O)C1CCN(C(=O)CCC(=O)N2CCN(c3ccc(F)cc3)CC2)CC1. The Morgan fingerprint density at radius 2 is 1.36 bits per heavy atom. The number of hydrogen-bond donors (Lipinski definition) is 1. The maximum atomic E-state index is 13.0. The smallest absolute Gasteiger partial charge is 0.223 e. The Hall–Kier alpha value is -2.64. The first-order valence-electron chi connectivity index (χ1n) is 9.79. The van der Waals surface area contributed by atoms with Crippen LogP contribution in [-0.2, 0) is 14.4 Å². The van der Waals surface area contributed by atoms with Crippen LogP contribution >= 0.6 is 0 Å². The van der Waals surface area contributed by atoms with E-state index < -0.39 is 0 Å². The molecule has 2 saturated heterocycles.